The SMILES string of the molecule is CCOC(=O)c1cc2ccc(NCCN3CCOCC3)nc2n2c1nc1ccccc12.O=C(O)c1cc2ccc(NCCN3CCOCC3)nc2n2c1nc1ccccc12. The van der Waals surface area contributed by atoms with Gasteiger partial charge in [-0.3, -0.25) is 18.6 Å². The van der Waals surface area contributed by atoms with Crippen LogP contribution in [0.3, 0.4) is 0 Å². The summed E-state index contributed by atoms with van der Waals surface area (Å²) in [5.74, 6) is 0.175. The number of imidazole rings is 2. The molecule has 6 aromatic heterocycles. The molecule has 16 nitrogen and oxygen atoms in total. The van der Waals surface area contributed by atoms with Crippen molar-refractivity contribution in [1.82, 2.24) is 38.5 Å². The number of nitrogens with zero attached hydrogens (tertiary/aromatic N) is 8. The standard InChI is InChI=1S/C23H25N5O3.C21H21N5O3/c1-2-31-23(29)17-15-16-7-8-20(24-9-10-27-11-13-30-14-12-27)26-21(16)28-19-6-4-3-5-18(19)25-22(17)28;27-21(28)15-13-14-5-6-18(22-7-8-25-9-11-29-12-10-25)24-19(14)26-17-4-2-1-3-16(17)23-20(15)26/h3-8,15H,2,9-14H2,1H3,(H,24,26);1-6,13H,7-12H2,(H,22,24)(H,27,28). The molecule has 8 aromatic rings. The third kappa shape index (κ3) is 7.97. The lowest BCUT2D eigenvalue weighted by atomic mass is 10.2. The van der Waals surface area contributed by atoms with E-state index in [2.05, 4.69) is 25.4 Å². The van der Waals surface area contributed by atoms with Crippen molar-refractivity contribution < 1.29 is 28.9 Å². The maximum Gasteiger partial charge on any atom is 0.341 e. The predicted octanol–water partition coefficient (Wildman–Crippen LogP) is 5.43. The largest absolute Gasteiger partial charge is 0.478 e. The van der Waals surface area contributed by atoms with Crippen LogP contribution < -0.4 is 10.6 Å². The number of hydrogen-bond donors (Lipinski definition) is 3. The number of ether oxygens (including phenoxy) is 3. The number of aromatic carboxylic acids is 1. The van der Waals surface area contributed by atoms with Crippen LogP contribution in [0.4, 0.5) is 11.6 Å². The second-order valence-electron chi connectivity index (χ2n) is 14.6. The van der Waals surface area contributed by atoms with E-state index in [1.807, 2.05) is 87.7 Å². The van der Waals surface area contributed by atoms with Crippen molar-refractivity contribution in [2.75, 3.05) is 96.0 Å². The van der Waals surface area contributed by atoms with Crippen LogP contribution in [0, 0.1) is 0 Å². The van der Waals surface area contributed by atoms with E-state index in [-0.39, 0.29) is 11.5 Å². The van der Waals surface area contributed by atoms with Gasteiger partial charge in [0.1, 0.15) is 34.1 Å². The molecule has 0 aliphatic carbocycles. The van der Waals surface area contributed by atoms with Crippen LogP contribution in [-0.2, 0) is 14.2 Å². The van der Waals surface area contributed by atoms with Crippen LogP contribution in [0.1, 0.15) is 27.6 Å². The minimum absolute atomic E-state index is 0.170. The van der Waals surface area contributed by atoms with Crippen molar-refractivity contribution in [2.24, 2.45) is 0 Å². The molecule has 0 saturated carbocycles. The minimum Gasteiger partial charge on any atom is -0.478 e. The molecule has 2 fully saturated rings. The summed E-state index contributed by atoms with van der Waals surface area (Å²) < 4.78 is 19.8. The lowest BCUT2D eigenvalue weighted by Gasteiger charge is -2.26. The summed E-state index contributed by atoms with van der Waals surface area (Å²) in [6.07, 6.45) is 0. The van der Waals surface area contributed by atoms with Gasteiger partial charge in [-0.15, -0.1) is 0 Å². The summed E-state index contributed by atoms with van der Waals surface area (Å²) in [6, 6.07) is 26.6. The van der Waals surface area contributed by atoms with E-state index in [0.29, 0.717) is 29.1 Å². The molecule has 0 unspecified atom stereocenters. The fraction of sp³-hybridized carbons (Fsp3) is 0.318. The Morgan fingerprint density at radius 1 is 0.633 bits per heavy atom. The molecule has 0 bridgehead atoms. The zero-order chi connectivity index (χ0) is 41.0. The minimum atomic E-state index is -1.00. The highest BCUT2D eigenvalue weighted by Crippen LogP contribution is 2.28. The molecule has 0 amide bonds. The molecule has 8 heterocycles. The summed E-state index contributed by atoms with van der Waals surface area (Å²) in [5, 5.41) is 18.1. The van der Waals surface area contributed by atoms with Gasteiger partial charge < -0.3 is 30.0 Å². The van der Waals surface area contributed by atoms with Gasteiger partial charge in [0.05, 0.1) is 55.1 Å². The van der Waals surface area contributed by atoms with Crippen LogP contribution in [0.25, 0.3) is 55.4 Å². The summed E-state index contributed by atoms with van der Waals surface area (Å²) in [4.78, 5) is 48.1. The van der Waals surface area contributed by atoms with E-state index in [9.17, 15) is 14.7 Å². The number of carboxylic acid groups (broad SMARTS) is 1. The lowest BCUT2D eigenvalue weighted by molar-refractivity contribution is 0.0398. The van der Waals surface area contributed by atoms with Gasteiger partial charge in [0.25, 0.3) is 0 Å². The number of carboxylic acids is 1. The molecule has 2 aromatic carbocycles. The fourth-order valence-electron chi connectivity index (χ4n) is 7.83. The molecule has 0 atom stereocenters. The van der Waals surface area contributed by atoms with E-state index in [1.54, 1.807) is 13.0 Å². The number of benzene rings is 2. The number of fused-ring (bicyclic) bond motifs is 10. The molecule has 10 rings (SSSR count). The highest BCUT2D eigenvalue weighted by molar-refractivity contribution is 6.04. The summed E-state index contributed by atoms with van der Waals surface area (Å²) in [5.41, 5.74) is 6.34. The van der Waals surface area contributed by atoms with E-state index in [4.69, 9.17) is 29.2 Å². The molecular formula is C44H46N10O6. The molecule has 60 heavy (non-hydrogen) atoms. The van der Waals surface area contributed by atoms with Crippen LogP contribution in [0.5, 0.6) is 0 Å². The number of aromatic nitrogens is 6. The second kappa shape index (κ2) is 17.4. The third-order valence-electron chi connectivity index (χ3n) is 10.8. The molecule has 0 radical (unpaired) electrons. The van der Waals surface area contributed by atoms with Crippen LogP contribution in [0.15, 0.2) is 84.9 Å². The Hall–Kier alpha value is -6.46. The number of hydrogen-bond acceptors (Lipinski definition) is 13. The Morgan fingerprint density at radius 3 is 1.58 bits per heavy atom. The number of anilines is 2. The van der Waals surface area contributed by atoms with Crippen LogP contribution >= 0.6 is 0 Å². The number of para-hydroxylation sites is 4. The first-order valence-corrected chi connectivity index (χ1v) is 20.4. The smallest absolute Gasteiger partial charge is 0.341 e. The van der Waals surface area contributed by atoms with Gasteiger partial charge in [-0.2, -0.15) is 0 Å². The van der Waals surface area contributed by atoms with E-state index >= 15 is 0 Å². The quantitative estimate of drug-likeness (QED) is 0.141. The second-order valence-corrected chi connectivity index (χ2v) is 14.6. The number of morpholine rings is 2. The topological polar surface area (TPSA) is 173 Å². The van der Waals surface area contributed by atoms with Crippen molar-refractivity contribution in [3.05, 3.63) is 96.1 Å². The molecule has 2 saturated heterocycles. The van der Waals surface area contributed by atoms with Crippen LogP contribution in [-0.4, -0.2) is 141 Å². The first kappa shape index (κ1) is 39.0. The van der Waals surface area contributed by atoms with Gasteiger partial charge in [0.15, 0.2) is 11.3 Å². The van der Waals surface area contributed by atoms with E-state index in [0.717, 1.165) is 129 Å². The number of nitrogens with one attached hydrogen (secondary N) is 2. The average Bonchev–Trinajstić information content (AvgIpc) is 3.87. The van der Waals surface area contributed by atoms with Crippen molar-refractivity contribution >= 4 is 79.0 Å². The Morgan fingerprint density at radius 2 is 1.10 bits per heavy atom. The highest BCUT2D eigenvalue weighted by Gasteiger charge is 2.21. The summed E-state index contributed by atoms with van der Waals surface area (Å²) >= 11 is 0. The number of pyridine rings is 4. The normalized spacial score (nSPS) is 15.2. The predicted molar refractivity (Wildman–Crippen MR) is 230 cm³/mol. The molecule has 16 heteroatoms. The van der Waals surface area contributed by atoms with E-state index in [1.165, 1.54) is 0 Å². The fourth-order valence-corrected chi connectivity index (χ4v) is 7.83. The molecule has 3 N–H and O–H groups in total. The van der Waals surface area contributed by atoms with Gasteiger partial charge in [-0.1, -0.05) is 24.3 Å². The summed E-state index contributed by atoms with van der Waals surface area (Å²) in [6.45, 7) is 12.5. The van der Waals surface area contributed by atoms with Crippen molar-refractivity contribution in [2.45, 2.75) is 6.92 Å². The maximum atomic E-state index is 12.6. The highest BCUT2D eigenvalue weighted by atomic mass is 16.5. The molecule has 0 spiro atoms. The van der Waals surface area contributed by atoms with E-state index < -0.39 is 5.97 Å². The number of carbonyl (C=O) groups excluding carboxylic acids is 1. The zero-order valence-corrected chi connectivity index (χ0v) is 33.3. The zero-order valence-electron chi connectivity index (χ0n) is 33.3. The lowest BCUT2D eigenvalue weighted by Crippen LogP contribution is -2.39. The van der Waals surface area contributed by atoms with Gasteiger partial charge in [0.2, 0.25) is 0 Å². The Kier molecular flexibility index (Phi) is 11.3. The first-order valence-electron chi connectivity index (χ1n) is 20.4. The van der Waals surface area contributed by atoms with Gasteiger partial charge in [-0.25, -0.2) is 29.5 Å². The number of esters is 1. The summed E-state index contributed by atoms with van der Waals surface area (Å²) in [7, 11) is 0. The number of carbonyl (C=O) groups is 2. The Labute approximate surface area is 344 Å². The van der Waals surface area contributed by atoms with Gasteiger partial charge in [-0.05, 0) is 67.6 Å². The Bertz CT molecular complexity index is 2850. The third-order valence-corrected chi connectivity index (χ3v) is 10.8. The number of rotatable bonds is 11. The van der Waals surface area contributed by atoms with Crippen molar-refractivity contribution in [1.29, 1.82) is 0 Å². The molecule has 2 aliphatic rings. The van der Waals surface area contributed by atoms with Crippen molar-refractivity contribution in [3.63, 3.8) is 0 Å². The van der Waals surface area contributed by atoms with Gasteiger partial charge in [0, 0.05) is 63.1 Å². The first-order chi connectivity index (χ1) is 29.4. The molecule has 308 valence electrons. The van der Waals surface area contributed by atoms with Crippen LogP contribution in [0.2, 0.25) is 0 Å². The van der Waals surface area contributed by atoms with Crippen molar-refractivity contribution in [3.8, 4) is 0 Å². The van der Waals surface area contributed by atoms with Gasteiger partial charge >= 0.3 is 11.9 Å². The monoisotopic (exact) mass is 810 g/mol. The average molecular weight is 811 g/mol. The maximum absolute atomic E-state index is 12.6. The molecule has 2 aliphatic heterocycles. The Balaban J connectivity index is 0.000000154. The molecular weight excluding hydrogens is 765 g/mol.